The summed E-state index contributed by atoms with van der Waals surface area (Å²) in [4.78, 5) is 7.34. The predicted molar refractivity (Wildman–Crippen MR) is 128 cm³/mol. The molecule has 1 atom stereocenters. The number of hydrogen-bond acceptors (Lipinski definition) is 3. The van der Waals surface area contributed by atoms with Gasteiger partial charge in [-0.3, -0.25) is 0 Å². The first-order valence-electron chi connectivity index (χ1n) is 11.2. The summed E-state index contributed by atoms with van der Waals surface area (Å²) in [6.07, 6.45) is 6.33. The van der Waals surface area contributed by atoms with Gasteiger partial charge in [-0.25, -0.2) is 9.67 Å². The van der Waals surface area contributed by atoms with Crippen molar-refractivity contribution < 1.29 is 0 Å². The van der Waals surface area contributed by atoms with Crippen LogP contribution >= 0.6 is 0 Å². The number of aromatic nitrogens is 2. The third-order valence-corrected chi connectivity index (χ3v) is 5.69. The molecule has 6 nitrogen and oxygen atoms in total. The first-order valence-corrected chi connectivity index (χ1v) is 11.2. The molecule has 31 heavy (non-hydrogen) atoms. The fraction of sp³-hybridized carbons (Fsp3) is 0.360. The zero-order chi connectivity index (χ0) is 21.5. The van der Waals surface area contributed by atoms with Gasteiger partial charge in [-0.2, -0.15) is 5.10 Å². The van der Waals surface area contributed by atoms with Crippen LogP contribution in [0.3, 0.4) is 0 Å². The first-order chi connectivity index (χ1) is 15.2. The van der Waals surface area contributed by atoms with E-state index in [1.807, 2.05) is 29.1 Å². The molecule has 0 saturated carbocycles. The van der Waals surface area contributed by atoms with Gasteiger partial charge in [-0.15, -0.1) is 0 Å². The molecule has 0 radical (unpaired) electrons. The van der Waals surface area contributed by atoms with Crippen LogP contribution in [-0.2, 0) is 6.54 Å². The molecule has 1 aliphatic heterocycles. The van der Waals surface area contributed by atoms with Crippen LogP contribution in [-0.4, -0.2) is 35.4 Å². The number of aliphatic imine (C=N–C) groups is 1. The molecule has 1 saturated heterocycles. The van der Waals surface area contributed by atoms with Crippen molar-refractivity contribution >= 4 is 11.6 Å². The number of anilines is 1. The van der Waals surface area contributed by atoms with E-state index in [2.05, 4.69) is 70.9 Å². The van der Waals surface area contributed by atoms with Gasteiger partial charge < -0.3 is 15.5 Å². The van der Waals surface area contributed by atoms with E-state index in [0.29, 0.717) is 6.54 Å². The molecule has 2 N–H and O–H groups in total. The number of nitrogens with one attached hydrogen (secondary N) is 2. The predicted octanol–water partition coefficient (Wildman–Crippen LogP) is 4.29. The minimum absolute atomic E-state index is 0.154. The Morgan fingerprint density at radius 2 is 1.94 bits per heavy atom. The van der Waals surface area contributed by atoms with Crippen molar-refractivity contribution in [2.45, 2.75) is 39.3 Å². The maximum atomic E-state index is 4.86. The van der Waals surface area contributed by atoms with Crippen LogP contribution in [0.15, 0.2) is 72.0 Å². The molecule has 2 heterocycles. The molecular formula is C25H32N6. The highest BCUT2D eigenvalue weighted by Crippen LogP contribution is 2.24. The van der Waals surface area contributed by atoms with Crippen molar-refractivity contribution in [3.05, 3.63) is 78.1 Å². The van der Waals surface area contributed by atoms with E-state index in [9.17, 15) is 0 Å². The molecule has 1 aliphatic rings. The Morgan fingerprint density at radius 1 is 1.10 bits per heavy atom. The summed E-state index contributed by atoms with van der Waals surface area (Å²) in [5.74, 6) is 0.817. The van der Waals surface area contributed by atoms with E-state index in [1.165, 1.54) is 24.1 Å². The fourth-order valence-corrected chi connectivity index (χ4v) is 4.02. The summed E-state index contributed by atoms with van der Waals surface area (Å²) in [6.45, 7) is 7.98. The van der Waals surface area contributed by atoms with Gasteiger partial charge in [0.05, 0.1) is 18.3 Å². The van der Waals surface area contributed by atoms with Gasteiger partial charge >= 0.3 is 0 Å². The van der Waals surface area contributed by atoms with Crippen LogP contribution in [0.5, 0.6) is 0 Å². The second kappa shape index (κ2) is 10.2. The Hall–Kier alpha value is -3.28. The Kier molecular flexibility index (Phi) is 6.87. The first kappa shape index (κ1) is 21.0. The van der Waals surface area contributed by atoms with Crippen LogP contribution in [0, 0.1) is 0 Å². The van der Waals surface area contributed by atoms with Crippen LogP contribution in [0.1, 0.15) is 43.9 Å². The largest absolute Gasteiger partial charge is 0.372 e. The lowest BCUT2D eigenvalue weighted by Gasteiger charge is -2.22. The summed E-state index contributed by atoms with van der Waals surface area (Å²) >= 11 is 0. The molecule has 2 aromatic carbocycles. The number of nitrogens with zero attached hydrogens (tertiary/aromatic N) is 4. The molecule has 0 bridgehead atoms. The SMILES string of the molecule is CCNC(=NCc1ccccc1-n1cccn1)NC(C)c1cccc(N2CCCC2)c1. The monoisotopic (exact) mass is 416 g/mol. The molecule has 6 heteroatoms. The Morgan fingerprint density at radius 3 is 2.71 bits per heavy atom. The highest BCUT2D eigenvalue weighted by molar-refractivity contribution is 5.80. The third kappa shape index (κ3) is 5.26. The Labute approximate surface area is 185 Å². The summed E-state index contributed by atoms with van der Waals surface area (Å²) in [5, 5.41) is 11.3. The number of para-hydroxylation sites is 1. The van der Waals surface area contributed by atoms with Crippen molar-refractivity contribution in [2.24, 2.45) is 4.99 Å². The maximum absolute atomic E-state index is 4.86. The van der Waals surface area contributed by atoms with Crippen LogP contribution < -0.4 is 15.5 Å². The average Bonchev–Trinajstić information content (AvgIpc) is 3.52. The summed E-state index contributed by atoms with van der Waals surface area (Å²) in [6, 6.07) is 19.2. The van der Waals surface area contributed by atoms with E-state index in [0.717, 1.165) is 36.8 Å². The van der Waals surface area contributed by atoms with Gasteiger partial charge in [0, 0.05) is 37.7 Å². The van der Waals surface area contributed by atoms with Crippen molar-refractivity contribution in [1.82, 2.24) is 20.4 Å². The van der Waals surface area contributed by atoms with Gasteiger partial charge in [-0.1, -0.05) is 30.3 Å². The highest BCUT2D eigenvalue weighted by atomic mass is 15.3. The lowest BCUT2D eigenvalue weighted by Crippen LogP contribution is -2.38. The highest BCUT2D eigenvalue weighted by Gasteiger charge is 2.14. The molecule has 1 fully saturated rings. The van der Waals surface area contributed by atoms with Crippen LogP contribution in [0.25, 0.3) is 5.69 Å². The van der Waals surface area contributed by atoms with E-state index >= 15 is 0 Å². The molecule has 1 aromatic heterocycles. The van der Waals surface area contributed by atoms with Crippen molar-refractivity contribution in [3.63, 3.8) is 0 Å². The molecule has 0 aliphatic carbocycles. The normalized spacial score (nSPS) is 15.2. The van der Waals surface area contributed by atoms with E-state index in [-0.39, 0.29) is 6.04 Å². The second-order valence-electron chi connectivity index (χ2n) is 7.93. The number of guanidine groups is 1. The zero-order valence-corrected chi connectivity index (χ0v) is 18.5. The van der Waals surface area contributed by atoms with Gasteiger partial charge in [-0.05, 0) is 62.1 Å². The fourth-order valence-electron chi connectivity index (χ4n) is 4.02. The molecule has 0 spiro atoms. The molecule has 4 rings (SSSR count). The standard InChI is InChI=1S/C25H32N6/c1-3-26-25(27-19-22-10-4-5-13-24(22)31-17-9-14-28-31)29-20(2)21-11-8-12-23(18-21)30-15-6-7-16-30/h4-5,8-14,17-18,20H,3,6-7,15-16,19H2,1-2H3,(H2,26,27,29). The van der Waals surface area contributed by atoms with E-state index in [1.54, 1.807) is 6.20 Å². The third-order valence-electron chi connectivity index (χ3n) is 5.69. The quantitative estimate of drug-likeness (QED) is 0.446. The minimum atomic E-state index is 0.154. The van der Waals surface area contributed by atoms with Crippen molar-refractivity contribution in [2.75, 3.05) is 24.5 Å². The Bertz CT molecular complexity index is 989. The number of rotatable bonds is 7. The van der Waals surface area contributed by atoms with E-state index < -0.39 is 0 Å². The van der Waals surface area contributed by atoms with Gasteiger partial charge in [0.25, 0.3) is 0 Å². The minimum Gasteiger partial charge on any atom is -0.372 e. The summed E-state index contributed by atoms with van der Waals surface area (Å²) in [5.41, 5.74) is 4.77. The second-order valence-corrected chi connectivity index (χ2v) is 7.93. The molecular weight excluding hydrogens is 384 g/mol. The van der Waals surface area contributed by atoms with Crippen molar-refractivity contribution in [1.29, 1.82) is 0 Å². The average molecular weight is 417 g/mol. The molecule has 0 amide bonds. The number of hydrogen-bond donors (Lipinski definition) is 2. The number of benzene rings is 2. The van der Waals surface area contributed by atoms with Crippen molar-refractivity contribution in [3.8, 4) is 5.69 Å². The molecule has 3 aromatic rings. The molecule has 1 unspecified atom stereocenters. The van der Waals surface area contributed by atoms with Crippen LogP contribution in [0.2, 0.25) is 0 Å². The van der Waals surface area contributed by atoms with Gasteiger partial charge in [0.2, 0.25) is 0 Å². The lowest BCUT2D eigenvalue weighted by molar-refractivity contribution is 0.685. The van der Waals surface area contributed by atoms with E-state index in [4.69, 9.17) is 4.99 Å². The lowest BCUT2D eigenvalue weighted by atomic mass is 10.1. The maximum Gasteiger partial charge on any atom is 0.192 e. The Balaban J connectivity index is 1.48. The van der Waals surface area contributed by atoms with Gasteiger partial charge in [0.1, 0.15) is 0 Å². The van der Waals surface area contributed by atoms with Gasteiger partial charge in [0.15, 0.2) is 5.96 Å². The topological polar surface area (TPSA) is 57.5 Å². The zero-order valence-electron chi connectivity index (χ0n) is 18.5. The molecule has 162 valence electrons. The van der Waals surface area contributed by atoms with Crippen LogP contribution in [0.4, 0.5) is 5.69 Å². The summed E-state index contributed by atoms with van der Waals surface area (Å²) < 4.78 is 1.89. The summed E-state index contributed by atoms with van der Waals surface area (Å²) in [7, 11) is 0. The smallest absolute Gasteiger partial charge is 0.192 e.